The number of likely N-dealkylation sites (tertiary alicyclic amines) is 1. The molecule has 19 heavy (non-hydrogen) atoms. The van der Waals surface area contributed by atoms with Crippen LogP contribution in [0.2, 0.25) is 0 Å². The van der Waals surface area contributed by atoms with Gasteiger partial charge in [-0.2, -0.15) is 0 Å². The van der Waals surface area contributed by atoms with E-state index >= 15 is 0 Å². The monoisotopic (exact) mass is 257 g/mol. The van der Waals surface area contributed by atoms with Gasteiger partial charge in [0.1, 0.15) is 5.60 Å². The Morgan fingerprint density at radius 2 is 2.16 bits per heavy atom. The van der Waals surface area contributed by atoms with Crippen LogP contribution in [-0.4, -0.2) is 44.0 Å². The second-order valence-corrected chi connectivity index (χ2v) is 5.68. The Bertz CT molecular complexity index is 654. The maximum absolute atomic E-state index is 12.3. The predicted octanol–water partition coefficient (Wildman–Crippen LogP) is 0.931. The lowest BCUT2D eigenvalue weighted by Gasteiger charge is -2.47. The molecule has 0 bridgehead atoms. The molecule has 2 aliphatic rings. The molecule has 1 saturated carbocycles. The smallest absolute Gasteiger partial charge is 0.255 e. The normalized spacial score (nSPS) is 21.4. The molecular weight excluding hydrogens is 242 g/mol. The summed E-state index contributed by atoms with van der Waals surface area (Å²) in [5, 5.41) is 10.2. The molecular formula is C14H15N3O2. The summed E-state index contributed by atoms with van der Waals surface area (Å²) in [6.07, 6.45) is 7.42. The second kappa shape index (κ2) is 3.57. The number of carbonyl (C=O) groups excluding carboxylic acids is 1. The summed E-state index contributed by atoms with van der Waals surface area (Å²) >= 11 is 0. The molecule has 98 valence electrons. The molecule has 0 aromatic carbocycles. The third-order valence-corrected chi connectivity index (χ3v) is 4.21. The fourth-order valence-corrected chi connectivity index (χ4v) is 2.87. The van der Waals surface area contributed by atoms with Crippen LogP contribution < -0.4 is 0 Å². The van der Waals surface area contributed by atoms with Crippen molar-refractivity contribution in [2.45, 2.75) is 18.4 Å². The third-order valence-electron chi connectivity index (χ3n) is 4.21. The van der Waals surface area contributed by atoms with E-state index in [0.29, 0.717) is 24.6 Å². The molecule has 0 unspecified atom stereocenters. The number of amides is 1. The number of aromatic nitrogens is 2. The molecule has 1 saturated heterocycles. The predicted molar refractivity (Wildman–Crippen MR) is 68.8 cm³/mol. The van der Waals surface area contributed by atoms with Crippen LogP contribution in [0.4, 0.5) is 0 Å². The zero-order chi connectivity index (χ0) is 13.0. The Morgan fingerprint density at radius 1 is 1.37 bits per heavy atom. The van der Waals surface area contributed by atoms with Crippen molar-refractivity contribution in [3.05, 3.63) is 36.4 Å². The van der Waals surface area contributed by atoms with Crippen LogP contribution in [0.5, 0.6) is 0 Å². The highest BCUT2D eigenvalue weighted by Gasteiger charge is 2.53. The number of β-amino-alcohol motifs (C(OH)–C–C–N with tert-alkyl or cyclic N) is 1. The Morgan fingerprint density at radius 3 is 2.89 bits per heavy atom. The number of imidazole rings is 1. The van der Waals surface area contributed by atoms with Gasteiger partial charge in [0.05, 0.1) is 36.7 Å². The molecule has 3 heterocycles. The lowest BCUT2D eigenvalue weighted by atomic mass is 9.88. The van der Waals surface area contributed by atoms with Crippen molar-refractivity contribution in [3.8, 4) is 0 Å². The topological polar surface area (TPSA) is 57.8 Å². The summed E-state index contributed by atoms with van der Waals surface area (Å²) in [5.41, 5.74) is 0.993. The summed E-state index contributed by atoms with van der Waals surface area (Å²) in [6, 6.07) is 3.70. The number of nitrogens with zero attached hydrogens (tertiary/aromatic N) is 3. The largest absolute Gasteiger partial charge is 0.386 e. The molecule has 5 nitrogen and oxygen atoms in total. The summed E-state index contributed by atoms with van der Waals surface area (Å²) in [4.78, 5) is 18.1. The van der Waals surface area contributed by atoms with E-state index in [-0.39, 0.29) is 5.91 Å². The zero-order valence-corrected chi connectivity index (χ0v) is 10.5. The lowest BCUT2D eigenvalue weighted by molar-refractivity contribution is -0.0958. The first-order valence-corrected chi connectivity index (χ1v) is 6.59. The molecule has 2 aromatic rings. The van der Waals surface area contributed by atoms with E-state index in [0.717, 1.165) is 18.4 Å². The number of hydrogen-bond acceptors (Lipinski definition) is 3. The van der Waals surface area contributed by atoms with E-state index in [1.54, 1.807) is 23.6 Å². The van der Waals surface area contributed by atoms with E-state index < -0.39 is 5.60 Å². The highest BCUT2D eigenvalue weighted by Crippen LogP contribution is 2.44. The molecule has 1 amide bonds. The van der Waals surface area contributed by atoms with Crippen LogP contribution in [0.25, 0.3) is 5.52 Å². The Balaban J connectivity index is 1.54. The highest BCUT2D eigenvalue weighted by atomic mass is 16.3. The maximum Gasteiger partial charge on any atom is 0.255 e. The van der Waals surface area contributed by atoms with Gasteiger partial charge in [-0.05, 0) is 30.9 Å². The lowest BCUT2D eigenvalue weighted by Crippen LogP contribution is -2.64. The molecule has 0 spiro atoms. The summed E-state index contributed by atoms with van der Waals surface area (Å²) in [7, 11) is 0. The molecule has 2 aromatic heterocycles. The molecule has 0 radical (unpaired) electrons. The first kappa shape index (κ1) is 11.0. The van der Waals surface area contributed by atoms with Gasteiger partial charge in [0.25, 0.3) is 5.91 Å². The number of rotatable bonds is 2. The minimum Gasteiger partial charge on any atom is -0.386 e. The molecule has 1 N–H and O–H groups in total. The van der Waals surface area contributed by atoms with Crippen molar-refractivity contribution in [2.24, 2.45) is 5.92 Å². The van der Waals surface area contributed by atoms with Gasteiger partial charge in [-0.3, -0.25) is 4.79 Å². The molecule has 5 heteroatoms. The van der Waals surface area contributed by atoms with Gasteiger partial charge in [0.2, 0.25) is 0 Å². The number of carbonyl (C=O) groups is 1. The van der Waals surface area contributed by atoms with Gasteiger partial charge in [0.15, 0.2) is 0 Å². The average molecular weight is 257 g/mol. The third kappa shape index (κ3) is 1.65. The second-order valence-electron chi connectivity index (χ2n) is 5.68. The van der Waals surface area contributed by atoms with Crippen molar-refractivity contribution in [1.29, 1.82) is 0 Å². The molecule has 4 rings (SSSR count). The fraction of sp³-hybridized carbons (Fsp3) is 0.429. The van der Waals surface area contributed by atoms with Crippen molar-refractivity contribution in [3.63, 3.8) is 0 Å². The van der Waals surface area contributed by atoms with Crippen molar-refractivity contribution in [1.82, 2.24) is 14.3 Å². The maximum atomic E-state index is 12.3. The SMILES string of the molecule is O=C(c1ccc2cncn2c1)N1CC(O)(C2CC2)C1. The molecule has 1 aliphatic heterocycles. The number of aliphatic hydroxyl groups is 1. The van der Waals surface area contributed by atoms with Crippen molar-refractivity contribution >= 4 is 11.4 Å². The quantitative estimate of drug-likeness (QED) is 0.870. The Labute approximate surface area is 110 Å². The molecule has 2 fully saturated rings. The zero-order valence-electron chi connectivity index (χ0n) is 10.5. The van der Waals surface area contributed by atoms with Gasteiger partial charge < -0.3 is 14.4 Å². The van der Waals surface area contributed by atoms with Crippen LogP contribution in [0.1, 0.15) is 23.2 Å². The van der Waals surface area contributed by atoms with E-state index in [2.05, 4.69) is 4.98 Å². The van der Waals surface area contributed by atoms with E-state index in [1.165, 1.54) is 0 Å². The first-order valence-electron chi connectivity index (χ1n) is 6.59. The first-order chi connectivity index (χ1) is 9.16. The number of fused-ring (bicyclic) bond motifs is 1. The van der Waals surface area contributed by atoms with Gasteiger partial charge in [-0.1, -0.05) is 0 Å². The van der Waals surface area contributed by atoms with Crippen LogP contribution in [-0.2, 0) is 0 Å². The van der Waals surface area contributed by atoms with Crippen LogP contribution in [0.3, 0.4) is 0 Å². The summed E-state index contributed by atoms with van der Waals surface area (Å²) < 4.78 is 1.83. The Hall–Kier alpha value is -1.88. The highest BCUT2D eigenvalue weighted by molar-refractivity contribution is 5.95. The average Bonchev–Trinajstić information content (AvgIpc) is 3.12. The minimum absolute atomic E-state index is 0.0130. The number of pyridine rings is 1. The molecule has 1 aliphatic carbocycles. The van der Waals surface area contributed by atoms with E-state index in [1.807, 2.05) is 16.5 Å². The van der Waals surface area contributed by atoms with Gasteiger partial charge in [-0.15, -0.1) is 0 Å². The fourth-order valence-electron chi connectivity index (χ4n) is 2.87. The van der Waals surface area contributed by atoms with Gasteiger partial charge in [0, 0.05) is 6.20 Å². The number of hydrogen-bond donors (Lipinski definition) is 1. The minimum atomic E-state index is -0.616. The molecule has 0 atom stereocenters. The van der Waals surface area contributed by atoms with E-state index in [9.17, 15) is 9.90 Å². The van der Waals surface area contributed by atoms with Gasteiger partial charge >= 0.3 is 0 Å². The summed E-state index contributed by atoms with van der Waals surface area (Å²) in [5.74, 6) is 0.397. The van der Waals surface area contributed by atoms with Crippen LogP contribution in [0, 0.1) is 5.92 Å². The Kier molecular flexibility index (Phi) is 2.07. The van der Waals surface area contributed by atoms with Crippen LogP contribution >= 0.6 is 0 Å². The van der Waals surface area contributed by atoms with Crippen molar-refractivity contribution < 1.29 is 9.90 Å². The summed E-state index contributed by atoms with van der Waals surface area (Å²) in [6.45, 7) is 0.941. The van der Waals surface area contributed by atoms with Crippen molar-refractivity contribution in [2.75, 3.05) is 13.1 Å². The standard InChI is InChI=1S/C14H15N3O2/c18-13(17-7-14(19,8-17)11-2-3-11)10-1-4-12-5-15-9-16(12)6-10/h1,4-6,9,11,19H,2-3,7-8H2. The van der Waals surface area contributed by atoms with Gasteiger partial charge in [-0.25, -0.2) is 4.98 Å². The van der Waals surface area contributed by atoms with Crippen LogP contribution in [0.15, 0.2) is 30.9 Å². The van der Waals surface area contributed by atoms with E-state index in [4.69, 9.17) is 0 Å².